The topological polar surface area (TPSA) is 502 Å². The number of aromatic hydroxyl groups is 1. The SMILES string of the molecule is CC(=O)NC1CCCC1C(=O)N[C@H](CC(=O)NC1CCCC1C(=O)NC[C@H](CC(C)C)C(=O)NC1CNCC1C(=O)NC1CNCC1C(=O)N[C@H](CC(=O)NC1CCCC1C(=O)NC[C@H](Cc1ccc(O)cc1)C(=O)NC1CNCC1C(=O)NC1CNCC1C(=O)N[C@H](CC(=O)NC1CNCC1C(N)=O)C(C)C)Cc1ccc2ccccc2c1)Cc1ccc2ccccc2c1. The zero-order chi connectivity index (χ0) is 92.2. The first-order chi connectivity index (χ1) is 62.5. The lowest BCUT2D eigenvalue weighted by Gasteiger charge is -2.28. The minimum Gasteiger partial charge on any atom is -0.508 e. The summed E-state index contributed by atoms with van der Waals surface area (Å²) in [4.78, 5) is 196. The van der Waals surface area contributed by atoms with Crippen molar-refractivity contribution >= 4 is 104 Å². The third-order valence-electron chi connectivity index (χ3n) is 27.7. The Kier molecular flexibility index (Phi) is 33.8. The first-order valence-electron chi connectivity index (χ1n) is 46.9. The second-order valence-electron chi connectivity index (χ2n) is 38.2. The summed E-state index contributed by atoms with van der Waals surface area (Å²) in [7, 11) is 0. The number of hydrogen-bond acceptors (Lipinski definition) is 20. The second kappa shape index (κ2) is 45.6. The fourth-order valence-corrected chi connectivity index (χ4v) is 20.5. The van der Waals surface area contributed by atoms with Crippen molar-refractivity contribution in [3.8, 4) is 5.75 Å². The molecule has 3 aliphatic carbocycles. The van der Waals surface area contributed by atoms with Crippen LogP contribution in [0.1, 0.15) is 135 Å². The lowest BCUT2D eigenvalue weighted by atomic mass is 9.93. The van der Waals surface area contributed by atoms with Gasteiger partial charge in [-0.1, -0.05) is 144 Å². The standard InChI is InChI=1S/C96H133N19O15/c1-52(2)31-62(40-103-90(124)67-17-10-21-76(67)108-84(118)37-64(35-56-23-27-58-13-6-8-15-60(58)33-56)106-92(126)69-19-12-20-75(69)105-54(5)116)88(122)112-80-48-100-44-72(80)95(129)114-82-50-99-43-71(82)93(127)107-65(36-57-24-28-59-14-7-9-16-61(59)34-57)38-85(119)109-77-22-11-18-68(77)91(125)104-41-63(32-55-25-29-66(117)30-26-55)89(123)113-81-49-101-45-73(81)96(130)115-83-51-102-46-74(83)94(128)111-78(53(3)4)39-86(120)110-79-47-98-42-70(79)87(97)121/h6-9,13-16,23-30,33-34,52-53,62-65,67-83,98-102,117H,10-12,17-22,31-32,35-51H2,1-5H3,(H2,97,121)(H,103,124)(H,104,125)(H,105,116)(H,106,126)(H,107,127)(H,108,118)(H,109,119)(H,110,120)(H,111,128)(H,112,122)(H,113,123)(H,114,129)(H,115,130)/t62-,63-,64-,65-,67?,68?,69?,70?,71?,72?,73?,74?,75?,76?,77?,78+,79?,80?,81?,82?,83?/m0/s1. The van der Waals surface area contributed by atoms with Gasteiger partial charge in [-0.3, -0.25) is 67.1 Å². The molecular weight excluding hydrogens is 1660 g/mol. The first kappa shape index (κ1) is 96.4. The van der Waals surface area contributed by atoms with E-state index in [2.05, 4.69) is 102 Å². The normalized spacial score (nSPS) is 26.4. The van der Waals surface area contributed by atoms with Gasteiger partial charge in [-0.05, 0) is 126 Å². The van der Waals surface area contributed by atoms with Crippen LogP contribution in [-0.2, 0) is 86.4 Å². The van der Waals surface area contributed by atoms with Crippen molar-refractivity contribution in [1.82, 2.24) is 95.7 Å². The van der Waals surface area contributed by atoms with Crippen LogP contribution in [0.3, 0.4) is 0 Å². The second-order valence-corrected chi connectivity index (χ2v) is 38.2. The number of fused-ring (bicyclic) bond motifs is 2. The fraction of sp³-hybridized carbons (Fsp3) is 0.583. The van der Waals surface area contributed by atoms with Crippen LogP contribution in [0.25, 0.3) is 21.5 Å². The van der Waals surface area contributed by atoms with E-state index < -0.39 is 143 Å². The molecule has 8 fully saturated rings. The molecule has 5 aliphatic heterocycles. The number of primary amides is 1. The summed E-state index contributed by atoms with van der Waals surface area (Å²) in [5.41, 5.74) is 8.06. The average molecular weight is 1790 g/mol. The molecule has 5 aromatic carbocycles. The zero-order valence-electron chi connectivity index (χ0n) is 75.2. The van der Waals surface area contributed by atoms with E-state index in [0.29, 0.717) is 89.4 Å². The molecule has 21 atom stereocenters. The monoisotopic (exact) mass is 1790 g/mol. The van der Waals surface area contributed by atoms with Crippen molar-refractivity contribution in [3.05, 3.63) is 126 Å². The summed E-state index contributed by atoms with van der Waals surface area (Å²) in [5.74, 6) is -11.7. The summed E-state index contributed by atoms with van der Waals surface area (Å²) >= 11 is 0. The number of carbonyl (C=O) groups is 14. The van der Waals surface area contributed by atoms with Gasteiger partial charge in [-0.15, -0.1) is 0 Å². The predicted molar refractivity (Wildman–Crippen MR) is 488 cm³/mol. The van der Waals surface area contributed by atoms with E-state index in [1.165, 1.54) is 19.1 Å². The van der Waals surface area contributed by atoms with Gasteiger partial charge in [0.2, 0.25) is 82.7 Å². The maximum Gasteiger partial charge on any atom is 0.226 e. The molecule has 3 saturated carbocycles. The van der Waals surface area contributed by atoms with Crippen molar-refractivity contribution in [2.24, 2.45) is 76.7 Å². The van der Waals surface area contributed by atoms with E-state index in [0.717, 1.165) is 39.1 Å². The van der Waals surface area contributed by atoms with Gasteiger partial charge in [-0.25, -0.2) is 0 Å². The highest BCUT2D eigenvalue weighted by Crippen LogP contribution is 2.32. The van der Waals surface area contributed by atoms with Crippen molar-refractivity contribution < 1.29 is 72.2 Å². The molecule has 34 nitrogen and oxygen atoms in total. The minimum absolute atomic E-state index is 0.0110. The van der Waals surface area contributed by atoms with Crippen molar-refractivity contribution in [2.45, 2.75) is 204 Å². The van der Waals surface area contributed by atoms with Crippen molar-refractivity contribution in [2.75, 3.05) is 78.5 Å². The van der Waals surface area contributed by atoms with Crippen LogP contribution in [0.5, 0.6) is 5.75 Å². The number of nitrogens with one attached hydrogen (secondary N) is 18. The van der Waals surface area contributed by atoms with Crippen LogP contribution < -0.4 is 101 Å². The number of nitrogens with two attached hydrogens (primary N) is 1. The first-order valence-corrected chi connectivity index (χ1v) is 46.9. The van der Waals surface area contributed by atoms with E-state index in [1.54, 1.807) is 12.1 Å². The number of rotatable bonds is 40. The molecule has 8 aliphatic rings. The Morgan fingerprint density at radius 1 is 0.362 bits per heavy atom. The molecule has 34 heteroatoms. The number of benzene rings is 5. The number of carbonyl (C=O) groups excluding carboxylic acids is 14. The largest absolute Gasteiger partial charge is 0.508 e. The van der Waals surface area contributed by atoms with Gasteiger partial charge in [0.25, 0.3) is 0 Å². The van der Waals surface area contributed by atoms with Crippen LogP contribution in [-0.4, -0.2) is 233 Å². The molecule has 14 amide bonds. The van der Waals surface area contributed by atoms with Gasteiger partial charge in [0.1, 0.15) is 5.75 Å². The molecule has 5 heterocycles. The Balaban J connectivity index is 0.593. The highest BCUT2D eigenvalue weighted by molar-refractivity contribution is 5.91. The van der Waals surface area contributed by atoms with E-state index in [9.17, 15) is 72.2 Å². The lowest BCUT2D eigenvalue weighted by molar-refractivity contribution is -0.132. The summed E-state index contributed by atoms with van der Waals surface area (Å²) in [6.07, 6.45) is 6.30. The number of phenols is 1. The van der Waals surface area contributed by atoms with Gasteiger partial charge in [0, 0.05) is 141 Å². The summed E-state index contributed by atoms with van der Waals surface area (Å²) in [5, 5.41) is 70.3. The molecule has 16 unspecified atom stereocenters. The summed E-state index contributed by atoms with van der Waals surface area (Å²) in [6.45, 7) is 11.8. The molecule has 5 saturated heterocycles. The Hall–Kier alpha value is -11.2. The molecular formula is C96H133N19O15. The number of phenolic OH excluding ortho intramolecular Hbond substituents is 1. The Morgan fingerprint density at radius 2 is 0.731 bits per heavy atom. The van der Waals surface area contributed by atoms with Crippen LogP contribution in [0.15, 0.2) is 109 Å². The lowest BCUT2D eigenvalue weighted by Crippen LogP contribution is -2.54. The maximum atomic E-state index is 14.8. The maximum absolute atomic E-state index is 14.8. The molecule has 0 aromatic heterocycles. The van der Waals surface area contributed by atoms with Crippen LogP contribution in [0, 0.1) is 71.0 Å². The fourth-order valence-electron chi connectivity index (χ4n) is 20.5. The molecule has 0 spiro atoms. The Labute approximate surface area is 759 Å². The van der Waals surface area contributed by atoms with Crippen LogP contribution in [0.4, 0.5) is 0 Å². The van der Waals surface area contributed by atoms with Gasteiger partial charge < -0.3 is 107 Å². The highest BCUT2D eigenvalue weighted by atomic mass is 16.3. The van der Waals surface area contributed by atoms with Crippen LogP contribution >= 0.6 is 0 Å². The van der Waals surface area contributed by atoms with Crippen LogP contribution in [0.2, 0.25) is 0 Å². The van der Waals surface area contributed by atoms with E-state index >= 15 is 0 Å². The predicted octanol–water partition coefficient (Wildman–Crippen LogP) is 0.399. The number of amides is 14. The van der Waals surface area contributed by atoms with Gasteiger partial charge in [-0.2, -0.15) is 0 Å². The van der Waals surface area contributed by atoms with Gasteiger partial charge in [0.05, 0.1) is 89.4 Å². The smallest absolute Gasteiger partial charge is 0.226 e. The average Bonchev–Trinajstić information content (AvgIpc) is 0.947. The molecule has 0 bridgehead atoms. The van der Waals surface area contributed by atoms with E-state index in [1.807, 2.05) is 107 Å². The third-order valence-corrected chi connectivity index (χ3v) is 27.7. The highest BCUT2D eigenvalue weighted by Gasteiger charge is 2.46. The third kappa shape index (κ3) is 26.1. The van der Waals surface area contributed by atoms with Gasteiger partial charge >= 0.3 is 0 Å². The van der Waals surface area contributed by atoms with Crippen molar-refractivity contribution in [1.29, 1.82) is 0 Å². The van der Waals surface area contributed by atoms with E-state index in [-0.39, 0.29) is 174 Å². The quantitative estimate of drug-likeness (QED) is 0.0252. The molecule has 702 valence electrons. The molecule has 5 aromatic rings. The summed E-state index contributed by atoms with van der Waals surface area (Å²) in [6, 6.07) is 27.9. The number of hydrogen-bond donors (Lipinski definition) is 20. The minimum atomic E-state index is -0.867. The van der Waals surface area contributed by atoms with Crippen molar-refractivity contribution in [3.63, 3.8) is 0 Å². The van der Waals surface area contributed by atoms with E-state index in [4.69, 9.17) is 5.73 Å². The molecule has 21 N–H and O–H groups in total. The molecule has 130 heavy (non-hydrogen) atoms. The Bertz CT molecular complexity index is 4880. The van der Waals surface area contributed by atoms with Gasteiger partial charge in [0.15, 0.2) is 0 Å². The molecule has 13 rings (SSSR count). The Morgan fingerprint density at radius 3 is 1.18 bits per heavy atom. The molecule has 0 radical (unpaired) electrons. The summed E-state index contributed by atoms with van der Waals surface area (Å²) < 4.78 is 0. The zero-order valence-corrected chi connectivity index (χ0v) is 75.2.